The lowest BCUT2D eigenvalue weighted by molar-refractivity contribution is 0.174. The van der Waals surface area contributed by atoms with E-state index in [4.69, 9.17) is 19.4 Å². The minimum atomic E-state index is 0.273. The van der Waals surface area contributed by atoms with Gasteiger partial charge in [0, 0.05) is 11.5 Å². The van der Waals surface area contributed by atoms with Crippen LogP contribution in [0.2, 0.25) is 0 Å². The van der Waals surface area contributed by atoms with Gasteiger partial charge in [0.25, 0.3) is 0 Å². The molecule has 0 fully saturated rings. The van der Waals surface area contributed by atoms with E-state index in [0.717, 1.165) is 44.2 Å². The number of aromatic nitrogens is 2. The Morgan fingerprint density at radius 1 is 0.957 bits per heavy atom. The highest BCUT2D eigenvalue weighted by Crippen LogP contribution is 2.38. The van der Waals surface area contributed by atoms with E-state index in [0.29, 0.717) is 0 Å². The van der Waals surface area contributed by atoms with Crippen molar-refractivity contribution in [2.75, 3.05) is 6.79 Å². The molecular formula is C18H12N2O2S. The molecule has 0 aliphatic carbocycles. The first-order valence-electron chi connectivity index (χ1n) is 7.35. The molecule has 5 rings (SSSR count). The lowest BCUT2D eigenvalue weighted by atomic mass is 10.1. The van der Waals surface area contributed by atoms with Gasteiger partial charge in [0.1, 0.15) is 5.01 Å². The molecule has 1 aliphatic heterocycles. The maximum Gasteiger partial charge on any atom is 0.231 e. The number of benzene rings is 2. The second kappa shape index (κ2) is 4.67. The van der Waals surface area contributed by atoms with Crippen LogP contribution < -0.4 is 9.47 Å². The fourth-order valence-electron chi connectivity index (χ4n) is 2.88. The van der Waals surface area contributed by atoms with Crippen molar-refractivity contribution in [2.24, 2.45) is 0 Å². The normalized spacial score (nSPS) is 13.1. The van der Waals surface area contributed by atoms with E-state index < -0.39 is 0 Å². The summed E-state index contributed by atoms with van der Waals surface area (Å²) in [7, 11) is 0. The first kappa shape index (κ1) is 12.8. The fourth-order valence-corrected chi connectivity index (χ4v) is 3.80. The summed E-state index contributed by atoms with van der Waals surface area (Å²) in [5.41, 5.74) is 3.97. The zero-order valence-corrected chi connectivity index (χ0v) is 13.2. The number of aryl methyl sites for hydroxylation is 1. The summed E-state index contributed by atoms with van der Waals surface area (Å²) >= 11 is 1.66. The predicted molar refractivity (Wildman–Crippen MR) is 91.2 cm³/mol. The van der Waals surface area contributed by atoms with Crippen LogP contribution >= 0.6 is 11.3 Å². The van der Waals surface area contributed by atoms with Crippen molar-refractivity contribution in [3.05, 3.63) is 48.0 Å². The summed E-state index contributed by atoms with van der Waals surface area (Å²) in [4.78, 5) is 9.49. The summed E-state index contributed by atoms with van der Waals surface area (Å²) < 4.78 is 12.1. The fraction of sp³-hybridized carbons (Fsp3) is 0.111. The first-order valence-corrected chi connectivity index (χ1v) is 8.16. The van der Waals surface area contributed by atoms with Crippen molar-refractivity contribution in [1.82, 2.24) is 9.97 Å². The van der Waals surface area contributed by atoms with Crippen molar-refractivity contribution < 1.29 is 9.47 Å². The molecule has 4 aromatic rings. The maximum absolute atomic E-state index is 5.46. The Morgan fingerprint density at radius 3 is 2.65 bits per heavy atom. The predicted octanol–water partition coefficient (Wildman–Crippen LogP) is 4.55. The zero-order chi connectivity index (χ0) is 15.4. The summed E-state index contributed by atoms with van der Waals surface area (Å²) in [6.07, 6.45) is 0. The van der Waals surface area contributed by atoms with E-state index in [1.807, 2.05) is 30.3 Å². The molecule has 0 bridgehead atoms. The molecule has 0 saturated heterocycles. The van der Waals surface area contributed by atoms with Crippen LogP contribution in [0.1, 0.15) is 5.56 Å². The van der Waals surface area contributed by atoms with Gasteiger partial charge in [-0.25, -0.2) is 9.97 Å². The average Bonchev–Trinajstić information content (AvgIpc) is 3.19. The van der Waals surface area contributed by atoms with E-state index in [2.05, 4.69) is 19.1 Å². The molecule has 112 valence electrons. The van der Waals surface area contributed by atoms with Crippen LogP contribution in [0.15, 0.2) is 42.5 Å². The van der Waals surface area contributed by atoms with Crippen molar-refractivity contribution in [3.63, 3.8) is 0 Å². The Morgan fingerprint density at radius 2 is 1.78 bits per heavy atom. The summed E-state index contributed by atoms with van der Waals surface area (Å²) in [5.74, 6) is 1.54. The van der Waals surface area contributed by atoms with Crippen molar-refractivity contribution in [2.45, 2.75) is 6.92 Å². The van der Waals surface area contributed by atoms with E-state index >= 15 is 0 Å². The largest absolute Gasteiger partial charge is 0.454 e. The Balaban J connectivity index is 1.74. The smallest absolute Gasteiger partial charge is 0.231 e. The molecule has 2 aromatic carbocycles. The van der Waals surface area contributed by atoms with Gasteiger partial charge in [-0.05, 0) is 36.8 Å². The lowest BCUT2D eigenvalue weighted by Crippen LogP contribution is -1.92. The number of para-hydroxylation sites is 1. The summed E-state index contributed by atoms with van der Waals surface area (Å²) in [6, 6.07) is 14.2. The molecule has 5 heteroatoms. The third-order valence-electron chi connectivity index (χ3n) is 4.02. The number of hydrogen-bond acceptors (Lipinski definition) is 5. The second-order valence-electron chi connectivity index (χ2n) is 5.53. The van der Waals surface area contributed by atoms with E-state index in [9.17, 15) is 0 Å². The number of rotatable bonds is 1. The third kappa shape index (κ3) is 1.97. The summed E-state index contributed by atoms with van der Waals surface area (Å²) in [5, 5.41) is 2.02. The van der Waals surface area contributed by atoms with Crippen molar-refractivity contribution in [1.29, 1.82) is 0 Å². The monoisotopic (exact) mass is 320 g/mol. The Kier molecular flexibility index (Phi) is 2.60. The van der Waals surface area contributed by atoms with E-state index in [1.165, 1.54) is 4.70 Å². The van der Waals surface area contributed by atoms with E-state index in [-0.39, 0.29) is 6.79 Å². The summed E-state index contributed by atoms with van der Waals surface area (Å²) in [6.45, 7) is 2.36. The molecular weight excluding hydrogens is 308 g/mol. The highest BCUT2D eigenvalue weighted by Gasteiger charge is 2.17. The number of hydrogen-bond donors (Lipinski definition) is 0. The van der Waals surface area contributed by atoms with Gasteiger partial charge in [0.2, 0.25) is 6.79 Å². The molecule has 0 atom stereocenters. The van der Waals surface area contributed by atoms with Gasteiger partial charge in [-0.15, -0.1) is 11.3 Å². The topological polar surface area (TPSA) is 44.2 Å². The molecule has 0 spiro atoms. The molecule has 1 aliphatic rings. The van der Waals surface area contributed by atoms with Crippen molar-refractivity contribution in [3.8, 4) is 22.2 Å². The highest BCUT2D eigenvalue weighted by atomic mass is 32.1. The minimum Gasteiger partial charge on any atom is -0.454 e. The van der Waals surface area contributed by atoms with Crippen LogP contribution in [-0.2, 0) is 0 Å². The molecule has 0 unspecified atom stereocenters. The molecule has 2 aromatic heterocycles. The maximum atomic E-state index is 5.46. The highest BCUT2D eigenvalue weighted by molar-refractivity contribution is 7.21. The van der Waals surface area contributed by atoms with Crippen LogP contribution in [0.4, 0.5) is 0 Å². The third-order valence-corrected chi connectivity index (χ3v) is 5.08. The number of nitrogens with zero attached hydrogens (tertiary/aromatic N) is 2. The number of pyridine rings is 1. The van der Waals surface area contributed by atoms with Gasteiger partial charge in [-0.1, -0.05) is 12.1 Å². The van der Waals surface area contributed by atoms with E-state index in [1.54, 1.807) is 11.3 Å². The number of fused-ring (bicyclic) bond motifs is 3. The molecule has 0 radical (unpaired) electrons. The van der Waals surface area contributed by atoms with Crippen LogP contribution in [0.3, 0.4) is 0 Å². The molecule has 4 nitrogen and oxygen atoms in total. The zero-order valence-electron chi connectivity index (χ0n) is 12.4. The van der Waals surface area contributed by atoms with Crippen LogP contribution in [0.5, 0.6) is 11.5 Å². The van der Waals surface area contributed by atoms with Gasteiger partial charge in [-0.3, -0.25) is 0 Å². The molecule has 3 heterocycles. The Bertz CT molecular complexity index is 1040. The molecule has 23 heavy (non-hydrogen) atoms. The van der Waals surface area contributed by atoms with Gasteiger partial charge >= 0.3 is 0 Å². The van der Waals surface area contributed by atoms with Gasteiger partial charge in [0.15, 0.2) is 11.5 Å². The SMILES string of the molecule is Cc1cc(-c2nc3ccccc3s2)nc2cc3c(cc12)OCO3. The van der Waals surface area contributed by atoms with Crippen LogP contribution in [-0.4, -0.2) is 16.8 Å². The molecule has 0 amide bonds. The standard InChI is InChI=1S/C18H12N2O2S/c1-10-6-14(18-20-12-4-2-3-5-17(12)23-18)19-13-8-16-15(7-11(10)13)21-9-22-16/h2-8H,9H2,1H3. The second-order valence-corrected chi connectivity index (χ2v) is 6.56. The average molecular weight is 320 g/mol. The van der Waals surface area contributed by atoms with Gasteiger partial charge in [-0.2, -0.15) is 0 Å². The van der Waals surface area contributed by atoms with Crippen LogP contribution in [0.25, 0.3) is 31.8 Å². The van der Waals surface area contributed by atoms with Gasteiger partial charge < -0.3 is 9.47 Å². The first-order chi connectivity index (χ1) is 11.3. The van der Waals surface area contributed by atoms with Crippen molar-refractivity contribution >= 4 is 32.5 Å². The number of thiazole rings is 1. The number of ether oxygens (including phenoxy) is 2. The Hall–Kier alpha value is -2.66. The quantitative estimate of drug-likeness (QED) is 0.516. The lowest BCUT2D eigenvalue weighted by Gasteiger charge is -2.06. The van der Waals surface area contributed by atoms with Crippen LogP contribution in [0, 0.1) is 6.92 Å². The van der Waals surface area contributed by atoms with Gasteiger partial charge in [0.05, 0.1) is 21.4 Å². The Labute approximate surface area is 136 Å². The molecule has 0 saturated carbocycles. The minimum absolute atomic E-state index is 0.273. The molecule has 0 N–H and O–H groups in total.